The van der Waals surface area contributed by atoms with Crippen LogP contribution in [0.15, 0.2) is 0 Å². The minimum absolute atomic E-state index is 0.0531. The van der Waals surface area contributed by atoms with Gasteiger partial charge in [-0.25, -0.2) is 4.79 Å². The van der Waals surface area contributed by atoms with Gasteiger partial charge in [-0.1, -0.05) is 81.1 Å². The number of amides is 4. The summed E-state index contributed by atoms with van der Waals surface area (Å²) in [7, 11) is 0. The minimum Gasteiger partial charge on any atom is -0.481 e. The molecule has 6 N–H and O–H groups in total. The molecule has 0 fully saturated rings. The van der Waals surface area contributed by atoms with Gasteiger partial charge in [-0.05, 0) is 50.9 Å². The second kappa shape index (κ2) is 20.8. The number of carboxylic acid groups (broad SMARTS) is 2. The Morgan fingerprint density at radius 3 is 1.58 bits per heavy atom. The molecule has 0 spiro atoms. The van der Waals surface area contributed by atoms with Crippen molar-refractivity contribution in [2.45, 2.75) is 158 Å². The number of hydrogen-bond donors (Lipinski definition) is 6. The van der Waals surface area contributed by atoms with Crippen molar-refractivity contribution in [1.82, 2.24) is 21.3 Å². The van der Waals surface area contributed by atoms with Crippen LogP contribution in [0.5, 0.6) is 0 Å². The number of carbonyl (C=O) groups excluding carboxylic acids is 5. The summed E-state index contributed by atoms with van der Waals surface area (Å²) in [5.41, 5.74) is -2.72. The first-order valence-electron chi connectivity index (χ1n) is 17.3. The molecule has 13 nitrogen and oxygen atoms in total. The van der Waals surface area contributed by atoms with Gasteiger partial charge in [0.2, 0.25) is 23.6 Å². The third-order valence-electron chi connectivity index (χ3n) is 8.54. The Morgan fingerprint density at radius 2 is 1.12 bits per heavy atom. The maximum atomic E-state index is 13.9. The summed E-state index contributed by atoms with van der Waals surface area (Å²) in [6.45, 7) is 16.9. The Morgan fingerprint density at radius 1 is 0.625 bits per heavy atom. The number of hydrogen-bond acceptors (Lipinski definition) is 7. The van der Waals surface area contributed by atoms with Gasteiger partial charge in [0.25, 0.3) is 0 Å². The Hall–Kier alpha value is -3.51. The van der Waals surface area contributed by atoms with Gasteiger partial charge in [-0.2, -0.15) is 0 Å². The Bertz CT molecular complexity index is 1110. The molecule has 0 aliphatic carbocycles. The summed E-state index contributed by atoms with van der Waals surface area (Å²) >= 11 is 0. The fourth-order valence-corrected chi connectivity index (χ4v) is 5.20. The normalized spacial score (nSPS) is 14.4. The third-order valence-corrected chi connectivity index (χ3v) is 8.54. The number of nitrogens with one attached hydrogen (secondary N) is 4. The zero-order valence-electron chi connectivity index (χ0n) is 30.8. The van der Waals surface area contributed by atoms with Crippen LogP contribution >= 0.6 is 0 Å². The van der Waals surface area contributed by atoms with E-state index in [0.717, 1.165) is 25.7 Å². The third kappa shape index (κ3) is 15.1. The van der Waals surface area contributed by atoms with Gasteiger partial charge in [0.05, 0.1) is 5.41 Å². The first-order valence-corrected chi connectivity index (χ1v) is 17.3. The predicted octanol–water partition coefficient (Wildman–Crippen LogP) is 3.97. The lowest BCUT2D eigenvalue weighted by Gasteiger charge is -2.34. The van der Waals surface area contributed by atoms with Crippen LogP contribution in [-0.2, 0) is 33.6 Å². The highest BCUT2D eigenvalue weighted by Gasteiger charge is 2.45. The molecule has 13 heteroatoms. The molecule has 0 rings (SSSR count). The highest BCUT2D eigenvalue weighted by Crippen LogP contribution is 2.24. The summed E-state index contributed by atoms with van der Waals surface area (Å²) in [5.74, 6) is -6.63. The molecule has 4 atom stereocenters. The molecule has 2 unspecified atom stereocenters. The molecule has 0 saturated heterocycles. The fraction of sp³-hybridized carbons (Fsp3) is 0.800. The zero-order chi connectivity index (χ0) is 37.4. The summed E-state index contributed by atoms with van der Waals surface area (Å²) in [6, 6.07) is -5.72. The number of Topliss-reactive ketones (excluding diaryl/α,β-unsaturated/α-hetero) is 1. The number of carbonyl (C=O) groups is 7. The largest absolute Gasteiger partial charge is 0.481 e. The average molecular weight is 683 g/mol. The van der Waals surface area contributed by atoms with Crippen LogP contribution in [0, 0.1) is 22.7 Å². The first-order chi connectivity index (χ1) is 22.1. The van der Waals surface area contributed by atoms with Crippen LogP contribution < -0.4 is 21.3 Å². The molecule has 276 valence electrons. The highest BCUT2D eigenvalue weighted by molar-refractivity contribution is 5.99. The number of carboxylic acids is 2. The standard InChI is InChI=1S/C35H62N4O9/c1-11-14-15-16-17-18-23(40)20-24(36-30(43)26(34(6,7)8)38-28(41)22(12-2)13-3)29(42)39-27(35(9,10)33(47)48)31(44)37-25(32(45)46)19-21(4)5/h21-22,24-27H,11-20H2,1-10H3,(H,36,43)(H,37,44)(H,38,41)(H,39,42)(H,45,46)(H,47,48)/t24?,25-,26+,27?/m0/s1. The monoisotopic (exact) mass is 682 g/mol. The van der Waals surface area contributed by atoms with Crippen molar-refractivity contribution in [3.63, 3.8) is 0 Å². The minimum atomic E-state index is -1.92. The van der Waals surface area contributed by atoms with Gasteiger partial charge in [0.15, 0.2) is 0 Å². The average Bonchev–Trinajstić information content (AvgIpc) is 2.97. The quantitative estimate of drug-likeness (QED) is 0.0861. The Labute approximate surface area is 286 Å². The van der Waals surface area contributed by atoms with Crippen molar-refractivity contribution in [2.75, 3.05) is 0 Å². The lowest BCUT2D eigenvalue weighted by molar-refractivity contribution is -0.153. The zero-order valence-corrected chi connectivity index (χ0v) is 30.8. The van der Waals surface area contributed by atoms with Gasteiger partial charge in [-0.3, -0.25) is 28.8 Å². The molecule has 0 aromatic carbocycles. The fourth-order valence-electron chi connectivity index (χ4n) is 5.20. The second-order valence-electron chi connectivity index (χ2n) is 14.8. The molecule has 0 bridgehead atoms. The number of rotatable bonds is 23. The Balaban J connectivity index is 6.53. The summed E-state index contributed by atoms with van der Waals surface area (Å²) in [5, 5.41) is 29.8. The molecule has 0 aliphatic rings. The SMILES string of the molecule is CCCCCCCC(=O)CC(NC(=O)[C@@H](NC(=O)C(CC)CC)C(C)(C)C)C(=O)NC(C(=O)N[C@@H](CC(C)C)C(=O)O)C(C)(C)C(=O)O. The van der Waals surface area contributed by atoms with Crippen molar-refractivity contribution in [3.05, 3.63) is 0 Å². The smallest absolute Gasteiger partial charge is 0.326 e. The van der Waals surface area contributed by atoms with Gasteiger partial charge in [0, 0.05) is 18.8 Å². The summed E-state index contributed by atoms with van der Waals surface area (Å²) in [6.07, 6.45) is 5.27. The van der Waals surface area contributed by atoms with Crippen molar-refractivity contribution >= 4 is 41.4 Å². The van der Waals surface area contributed by atoms with E-state index < -0.39 is 71.1 Å². The summed E-state index contributed by atoms with van der Waals surface area (Å²) in [4.78, 5) is 91.2. The van der Waals surface area contributed by atoms with Gasteiger partial charge < -0.3 is 31.5 Å². The summed E-state index contributed by atoms with van der Waals surface area (Å²) < 4.78 is 0. The molecule has 0 heterocycles. The molecule has 4 amide bonds. The lowest BCUT2D eigenvalue weighted by atomic mass is 9.83. The van der Waals surface area contributed by atoms with Crippen molar-refractivity contribution in [2.24, 2.45) is 22.7 Å². The molecule has 0 aromatic rings. The molecule has 0 aromatic heterocycles. The van der Waals surface area contributed by atoms with Crippen molar-refractivity contribution in [1.29, 1.82) is 0 Å². The van der Waals surface area contributed by atoms with E-state index in [0.29, 0.717) is 19.3 Å². The van der Waals surface area contributed by atoms with E-state index in [2.05, 4.69) is 28.2 Å². The van der Waals surface area contributed by atoms with Gasteiger partial charge in [0.1, 0.15) is 30.0 Å². The van der Waals surface area contributed by atoms with E-state index in [4.69, 9.17) is 0 Å². The van der Waals surface area contributed by atoms with Crippen LogP contribution in [0.1, 0.15) is 133 Å². The van der Waals surface area contributed by atoms with Gasteiger partial charge >= 0.3 is 11.9 Å². The number of ketones is 1. The van der Waals surface area contributed by atoms with E-state index in [1.807, 2.05) is 13.8 Å². The van der Waals surface area contributed by atoms with Crippen LogP contribution in [0.25, 0.3) is 0 Å². The van der Waals surface area contributed by atoms with Crippen LogP contribution in [-0.4, -0.2) is 75.7 Å². The van der Waals surface area contributed by atoms with Gasteiger partial charge in [-0.15, -0.1) is 0 Å². The van der Waals surface area contributed by atoms with Crippen LogP contribution in [0.3, 0.4) is 0 Å². The van der Waals surface area contributed by atoms with E-state index in [9.17, 15) is 43.8 Å². The molecular weight excluding hydrogens is 620 g/mol. The van der Waals surface area contributed by atoms with Crippen molar-refractivity contribution in [3.8, 4) is 0 Å². The van der Waals surface area contributed by atoms with E-state index in [1.54, 1.807) is 34.6 Å². The maximum Gasteiger partial charge on any atom is 0.326 e. The number of unbranched alkanes of at least 4 members (excludes halogenated alkanes) is 4. The highest BCUT2D eigenvalue weighted by atomic mass is 16.4. The molecule has 0 radical (unpaired) electrons. The van der Waals surface area contributed by atoms with E-state index >= 15 is 0 Å². The lowest BCUT2D eigenvalue weighted by Crippen LogP contribution is -2.63. The molecule has 0 saturated carbocycles. The first kappa shape index (κ1) is 44.5. The number of aliphatic carboxylic acids is 2. The molecular formula is C35H62N4O9. The maximum absolute atomic E-state index is 13.9. The second-order valence-corrected chi connectivity index (χ2v) is 14.8. The molecule has 0 aliphatic heterocycles. The molecule has 48 heavy (non-hydrogen) atoms. The Kier molecular flexibility index (Phi) is 19.2. The van der Waals surface area contributed by atoms with Crippen molar-refractivity contribution < 1.29 is 43.8 Å². The van der Waals surface area contributed by atoms with E-state index in [1.165, 1.54) is 13.8 Å². The van der Waals surface area contributed by atoms with Crippen LogP contribution in [0.2, 0.25) is 0 Å². The van der Waals surface area contributed by atoms with E-state index in [-0.39, 0.29) is 36.4 Å². The predicted molar refractivity (Wildman–Crippen MR) is 183 cm³/mol. The van der Waals surface area contributed by atoms with Crippen LogP contribution in [0.4, 0.5) is 0 Å². The topological polar surface area (TPSA) is 208 Å².